The standard InChI is InChI=1S/C15H19BrN2O3/c1-14(2,3)21-13(20)18-15(4)8-17-12(19)10-6-5-9(16)7-11(10)15/h5-7H,8H2,1-4H3,(H,17,19)(H,18,20). The number of carbonyl (C=O) groups is 2. The van der Waals surface area contributed by atoms with Crippen LogP contribution in [0.25, 0.3) is 0 Å². The number of alkyl carbamates (subject to hydrolysis) is 1. The number of fused-ring (bicyclic) bond motifs is 1. The highest BCUT2D eigenvalue weighted by atomic mass is 79.9. The lowest BCUT2D eigenvalue weighted by Gasteiger charge is -2.37. The molecule has 1 aliphatic heterocycles. The van der Waals surface area contributed by atoms with E-state index in [-0.39, 0.29) is 5.91 Å². The summed E-state index contributed by atoms with van der Waals surface area (Å²) in [6, 6.07) is 5.39. The van der Waals surface area contributed by atoms with Gasteiger partial charge in [0.1, 0.15) is 5.60 Å². The molecule has 21 heavy (non-hydrogen) atoms. The Morgan fingerprint density at radius 1 is 1.43 bits per heavy atom. The molecule has 1 aromatic carbocycles. The predicted octanol–water partition coefficient (Wildman–Crippen LogP) is 2.93. The zero-order valence-electron chi connectivity index (χ0n) is 12.5. The van der Waals surface area contributed by atoms with E-state index in [0.29, 0.717) is 12.1 Å². The van der Waals surface area contributed by atoms with E-state index < -0.39 is 17.2 Å². The largest absolute Gasteiger partial charge is 0.444 e. The molecule has 114 valence electrons. The third kappa shape index (κ3) is 3.56. The normalized spacial score (nSPS) is 21.3. The van der Waals surface area contributed by atoms with Crippen LogP contribution in [0.4, 0.5) is 4.79 Å². The SMILES string of the molecule is CC(C)(C)OC(=O)NC1(C)CNC(=O)c2ccc(Br)cc21. The van der Waals surface area contributed by atoms with Crippen LogP contribution in [0.5, 0.6) is 0 Å². The number of amides is 2. The monoisotopic (exact) mass is 354 g/mol. The summed E-state index contributed by atoms with van der Waals surface area (Å²) in [7, 11) is 0. The zero-order valence-corrected chi connectivity index (χ0v) is 14.1. The average molecular weight is 355 g/mol. The number of hydrogen-bond acceptors (Lipinski definition) is 3. The summed E-state index contributed by atoms with van der Waals surface area (Å²) < 4.78 is 6.16. The number of benzene rings is 1. The van der Waals surface area contributed by atoms with Crippen molar-refractivity contribution in [2.45, 2.75) is 38.8 Å². The Morgan fingerprint density at radius 2 is 2.10 bits per heavy atom. The van der Waals surface area contributed by atoms with Crippen molar-refractivity contribution in [2.75, 3.05) is 6.54 Å². The lowest BCUT2D eigenvalue weighted by atomic mass is 9.85. The Balaban J connectivity index is 2.31. The molecule has 5 nitrogen and oxygen atoms in total. The van der Waals surface area contributed by atoms with Gasteiger partial charge in [-0.15, -0.1) is 0 Å². The molecule has 0 radical (unpaired) electrons. The van der Waals surface area contributed by atoms with E-state index in [1.807, 2.05) is 33.8 Å². The lowest BCUT2D eigenvalue weighted by Crippen LogP contribution is -2.56. The van der Waals surface area contributed by atoms with Crippen LogP contribution in [-0.4, -0.2) is 24.1 Å². The molecule has 1 atom stereocenters. The van der Waals surface area contributed by atoms with Gasteiger partial charge >= 0.3 is 6.09 Å². The van der Waals surface area contributed by atoms with Crippen LogP contribution in [0, 0.1) is 0 Å². The van der Waals surface area contributed by atoms with E-state index in [2.05, 4.69) is 26.6 Å². The molecule has 1 heterocycles. The van der Waals surface area contributed by atoms with Crippen molar-refractivity contribution in [1.82, 2.24) is 10.6 Å². The molecule has 0 fully saturated rings. The van der Waals surface area contributed by atoms with E-state index in [1.54, 1.807) is 12.1 Å². The average Bonchev–Trinajstić information content (AvgIpc) is 2.32. The van der Waals surface area contributed by atoms with Crippen molar-refractivity contribution in [3.05, 3.63) is 33.8 Å². The van der Waals surface area contributed by atoms with Gasteiger partial charge < -0.3 is 15.4 Å². The molecule has 1 aliphatic rings. The first-order valence-electron chi connectivity index (χ1n) is 6.70. The summed E-state index contributed by atoms with van der Waals surface area (Å²) in [6.45, 7) is 7.60. The van der Waals surface area contributed by atoms with Crippen molar-refractivity contribution in [2.24, 2.45) is 0 Å². The second kappa shape index (κ2) is 5.33. The maximum absolute atomic E-state index is 12.1. The molecular formula is C15H19BrN2O3. The van der Waals surface area contributed by atoms with Crippen LogP contribution in [0.1, 0.15) is 43.6 Å². The molecule has 0 aromatic heterocycles. The van der Waals surface area contributed by atoms with Gasteiger partial charge in [0, 0.05) is 16.6 Å². The lowest BCUT2D eigenvalue weighted by molar-refractivity contribution is 0.0451. The Labute approximate surface area is 132 Å². The van der Waals surface area contributed by atoms with Crippen LogP contribution in [0.2, 0.25) is 0 Å². The smallest absolute Gasteiger partial charge is 0.408 e. The van der Waals surface area contributed by atoms with Crippen molar-refractivity contribution < 1.29 is 14.3 Å². The third-order valence-electron chi connectivity index (χ3n) is 3.20. The van der Waals surface area contributed by atoms with Crippen molar-refractivity contribution >= 4 is 27.9 Å². The van der Waals surface area contributed by atoms with Gasteiger partial charge in [-0.1, -0.05) is 15.9 Å². The Hall–Kier alpha value is -1.56. The zero-order chi connectivity index (χ0) is 15.8. The highest BCUT2D eigenvalue weighted by Gasteiger charge is 2.38. The topological polar surface area (TPSA) is 67.4 Å². The van der Waals surface area contributed by atoms with Crippen LogP contribution in [0.3, 0.4) is 0 Å². The Morgan fingerprint density at radius 3 is 2.71 bits per heavy atom. The molecule has 1 unspecified atom stereocenters. The van der Waals surface area contributed by atoms with E-state index >= 15 is 0 Å². The molecule has 0 saturated heterocycles. The first-order valence-corrected chi connectivity index (χ1v) is 7.49. The van der Waals surface area contributed by atoms with Gasteiger partial charge in [-0.2, -0.15) is 0 Å². The number of ether oxygens (including phenoxy) is 1. The minimum absolute atomic E-state index is 0.138. The molecule has 0 aliphatic carbocycles. The third-order valence-corrected chi connectivity index (χ3v) is 3.69. The molecule has 0 bridgehead atoms. The molecular weight excluding hydrogens is 336 g/mol. The fraction of sp³-hybridized carbons (Fsp3) is 0.467. The molecule has 2 amide bonds. The van der Waals surface area contributed by atoms with Gasteiger partial charge in [-0.05, 0) is 51.5 Å². The highest BCUT2D eigenvalue weighted by Crippen LogP contribution is 2.30. The first kappa shape index (κ1) is 15.8. The summed E-state index contributed by atoms with van der Waals surface area (Å²) in [5.74, 6) is -0.138. The molecule has 6 heteroatoms. The van der Waals surface area contributed by atoms with Crippen LogP contribution < -0.4 is 10.6 Å². The number of carbonyl (C=O) groups excluding carboxylic acids is 2. The molecule has 0 saturated carbocycles. The van der Waals surface area contributed by atoms with Crippen LogP contribution >= 0.6 is 15.9 Å². The number of rotatable bonds is 1. The highest BCUT2D eigenvalue weighted by molar-refractivity contribution is 9.10. The van der Waals surface area contributed by atoms with E-state index in [9.17, 15) is 9.59 Å². The minimum atomic E-state index is -0.713. The van der Waals surface area contributed by atoms with Crippen molar-refractivity contribution in [3.8, 4) is 0 Å². The van der Waals surface area contributed by atoms with Crippen molar-refractivity contribution in [3.63, 3.8) is 0 Å². The molecule has 0 spiro atoms. The summed E-state index contributed by atoms with van der Waals surface area (Å²) in [5, 5.41) is 5.65. The summed E-state index contributed by atoms with van der Waals surface area (Å²) in [4.78, 5) is 24.0. The fourth-order valence-corrected chi connectivity index (χ4v) is 2.62. The number of hydrogen-bond donors (Lipinski definition) is 2. The van der Waals surface area contributed by atoms with Gasteiger partial charge in [0.25, 0.3) is 5.91 Å². The number of halogens is 1. The van der Waals surface area contributed by atoms with Gasteiger partial charge in [-0.3, -0.25) is 4.79 Å². The summed E-state index contributed by atoms with van der Waals surface area (Å²) >= 11 is 3.40. The van der Waals surface area contributed by atoms with Gasteiger partial charge in [-0.25, -0.2) is 4.79 Å². The van der Waals surface area contributed by atoms with E-state index in [0.717, 1.165) is 10.0 Å². The van der Waals surface area contributed by atoms with Gasteiger partial charge in [0.05, 0.1) is 5.54 Å². The fourth-order valence-electron chi connectivity index (χ4n) is 2.26. The van der Waals surface area contributed by atoms with Crippen LogP contribution in [0.15, 0.2) is 22.7 Å². The van der Waals surface area contributed by atoms with Crippen LogP contribution in [-0.2, 0) is 10.3 Å². The predicted molar refractivity (Wildman–Crippen MR) is 83.2 cm³/mol. The quantitative estimate of drug-likeness (QED) is 0.814. The van der Waals surface area contributed by atoms with Gasteiger partial charge in [0.2, 0.25) is 0 Å². The van der Waals surface area contributed by atoms with E-state index in [1.165, 1.54) is 0 Å². The second-order valence-electron chi connectivity index (χ2n) is 6.33. The maximum atomic E-state index is 12.1. The number of nitrogens with one attached hydrogen (secondary N) is 2. The Kier molecular flexibility index (Phi) is 4.02. The Bertz CT molecular complexity index is 595. The summed E-state index contributed by atoms with van der Waals surface area (Å²) in [6.07, 6.45) is -0.507. The summed E-state index contributed by atoms with van der Waals surface area (Å²) in [5.41, 5.74) is 0.0443. The molecule has 2 rings (SSSR count). The van der Waals surface area contributed by atoms with E-state index in [4.69, 9.17) is 4.74 Å². The van der Waals surface area contributed by atoms with Gasteiger partial charge in [0.15, 0.2) is 0 Å². The maximum Gasteiger partial charge on any atom is 0.408 e. The first-order chi connectivity index (χ1) is 9.61. The molecule has 2 N–H and O–H groups in total. The second-order valence-corrected chi connectivity index (χ2v) is 7.25. The molecule has 1 aromatic rings. The van der Waals surface area contributed by atoms with Crippen molar-refractivity contribution in [1.29, 1.82) is 0 Å². The minimum Gasteiger partial charge on any atom is -0.444 e.